The molecule has 1 aromatic heterocycles. The number of imide groups is 2. The fourth-order valence-corrected chi connectivity index (χ4v) is 9.50. The zero-order chi connectivity index (χ0) is 38.9. The normalized spacial score (nSPS) is 25.5. The van der Waals surface area contributed by atoms with E-state index in [9.17, 15) is 28.7 Å². The van der Waals surface area contributed by atoms with Gasteiger partial charge in [0.05, 0.1) is 35.0 Å². The number of aliphatic hydroxyl groups is 1. The summed E-state index contributed by atoms with van der Waals surface area (Å²) in [4.78, 5) is 73.0. The Labute approximate surface area is 325 Å². The van der Waals surface area contributed by atoms with Crippen molar-refractivity contribution in [2.75, 3.05) is 10.3 Å². The molecule has 10 nitrogen and oxygen atoms in total. The lowest BCUT2D eigenvalue weighted by atomic mass is 9.50. The molecule has 3 fully saturated rings. The fraction of sp³-hybridized carbons (Fsp3) is 0.205. The van der Waals surface area contributed by atoms with Crippen molar-refractivity contribution in [2.24, 2.45) is 23.7 Å². The van der Waals surface area contributed by atoms with Crippen LogP contribution in [0, 0.1) is 29.5 Å². The lowest BCUT2D eigenvalue weighted by molar-refractivity contribution is -0.138. The lowest BCUT2D eigenvalue weighted by Gasteiger charge is -2.49. The summed E-state index contributed by atoms with van der Waals surface area (Å²) in [6.07, 6.45) is 2.13. The Morgan fingerprint density at radius 2 is 1.52 bits per heavy atom. The molecule has 0 spiro atoms. The second-order valence-electron chi connectivity index (χ2n) is 14.6. The van der Waals surface area contributed by atoms with Crippen molar-refractivity contribution in [3.63, 3.8) is 0 Å². The van der Waals surface area contributed by atoms with Crippen LogP contribution in [0.1, 0.15) is 51.8 Å². The summed E-state index contributed by atoms with van der Waals surface area (Å²) in [6, 6.07) is 30.4. The van der Waals surface area contributed by atoms with Gasteiger partial charge in [-0.2, -0.15) is 5.01 Å². The van der Waals surface area contributed by atoms with Gasteiger partial charge < -0.3 is 9.52 Å². The Morgan fingerprint density at radius 3 is 2.20 bits per heavy atom. The Balaban J connectivity index is 1.14. The zero-order valence-electron chi connectivity index (χ0n) is 29.6. The molecule has 0 bridgehead atoms. The number of halogens is 2. The number of amides is 4. The van der Waals surface area contributed by atoms with E-state index in [0.717, 1.165) is 5.01 Å². The van der Waals surface area contributed by atoms with E-state index in [1.165, 1.54) is 29.2 Å². The molecule has 2 saturated heterocycles. The van der Waals surface area contributed by atoms with Crippen LogP contribution in [-0.4, -0.2) is 39.5 Å². The van der Waals surface area contributed by atoms with Crippen LogP contribution in [0.2, 0.25) is 5.02 Å². The van der Waals surface area contributed by atoms with E-state index in [-0.39, 0.29) is 24.4 Å². The van der Waals surface area contributed by atoms with Gasteiger partial charge in [0.15, 0.2) is 5.78 Å². The number of hydrogen-bond acceptors (Lipinski definition) is 8. The Bertz CT molecular complexity index is 2450. The molecule has 2 N–H and O–H groups in total. The molecular formula is C44H33ClFN3O7. The number of nitrogens with zero attached hydrogens (tertiary/aromatic N) is 2. The van der Waals surface area contributed by atoms with Crippen molar-refractivity contribution in [3.8, 4) is 0 Å². The number of benzene rings is 4. The van der Waals surface area contributed by atoms with E-state index in [1.54, 1.807) is 84.9 Å². The van der Waals surface area contributed by atoms with E-state index in [1.807, 2.05) is 12.1 Å². The van der Waals surface area contributed by atoms with Crippen LogP contribution in [0.3, 0.4) is 0 Å². The number of allylic oxidation sites excluding steroid dienone is 2. The zero-order valence-corrected chi connectivity index (χ0v) is 30.4. The molecule has 12 heteroatoms. The number of carbonyl (C=O) groups excluding carboxylic acids is 5. The number of rotatable bonds is 8. The third-order valence-corrected chi connectivity index (χ3v) is 12.1. The molecule has 2 aliphatic heterocycles. The Hall–Kier alpha value is -6.17. The van der Waals surface area contributed by atoms with Crippen LogP contribution in [0.5, 0.6) is 0 Å². The number of ketones is 1. The van der Waals surface area contributed by atoms with Crippen LogP contribution in [0.4, 0.5) is 15.8 Å². The standard InChI is InChI=1S/C44H33ClFN3O7/c45-27-10-8-26(9-11-27)44-35(41(53)49(43(44)55)47-29-14-12-28(46)13-15-29)22-34-32(38(44)36-21-18-31(23-50)56-36)19-20-33-37(34)42(54)48(40(33)52)30-16-6-25(7-17-30)39(51)24-4-2-1-3-5-24/h1-19,21,33-35,37-38,47,50H,20,22-23H2/t33-,34+,35-,37-,38+,44+/m0/s1. The molecule has 9 rings (SSSR count). The third-order valence-electron chi connectivity index (χ3n) is 11.8. The minimum absolute atomic E-state index is 0.0449. The minimum atomic E-state index is -1.61. The predicted octanol–water partition coefficient (Wildman–Crippen LogP) is 6.98. The molecule has 56 heavy (non-hydrogen) atoms. The molecule has 280 valence electrons. The van der Waals surface area contributed by atoms with Crippen molar-refractivity contribution >= 4 is 52.4 Å². The average molecular weight is 770 g/mol. The maximum atomic E-state index is 15.2. The largest absolute Gasteiger partial charge is 0.463 e. The topological polar surface area (TPSA) is 137 Å². The summed E-state index contributed by atoms with van der Waals surface area (Å²) in [5.74, 6) is -6.40. The van der Waals surface area contributed by atoms with E-state index >= 15 is 4.79 Å². The van der Waals surface area contributed by atoms with Gasteiger partial charge in [-0.05, 0) is 97.1 Å². The number of hydrogen-bond donors (Lipinski definition) is 2. The first-order valence-corrected chi connectivity index (χ1v) is 18.6. The van der Waals surface area contributed by atoms with E-state index in [0.29, 0.717) is 44.4 Å². The average Bonchev–Trinajstić information content (AvgIpc) is 3.86. The highest BCUT2D eigenvalue weighted by Gasteiger charge is 2.71. The van der Waals surface area contributed by atoms with E-state index < -0.39 is 71.1 Å². The molecule has 0 unspecified atom stereocenters. The van der Waals surface area contributed by atoms with Crippen LogP contribution in [-0.2, 0) is 31.2 Å². The molecule has 4 amide bonds. The van der Waals surface area contributed by atoms with Gasteiger partial charge in [0.2, 0.25) is 11.8 Å². The Kier molecular flexibility index (Phi) is 8.59. The number of hydrazine groups is 1. The van der Waals surface area contributed by atoms with Gasteiger partial charge in [-0.3, -0.25) is 34.3 Å². The monoisotopic (exact) mass is 769 g/mol. The van der Waals surface area contributed by atoms with Crippen molar-refractivity contribution in [3.05, 3.63) is 166 Å². The van der Waals surface area contributed by atoms with Gasteiger partial charge in [0.1, 0.15) is 29.4 Å². The number of nitrogens with one attached hydrogen (secondary N) is 1. The summed E-state index contributed by atoms with van der Waals surface area (Å²) >= 11 is 6.34. The number of fused-ring (bicyclic) bond motifs is 4. The molecule has 4 aliphatic rings. The maximum Gasteiger partial charge on any atom is 0.260 e. The minimum Gasteiger partial charge on any atom is -0.463 e. The summed E-state index contributed by atoms with van der Waals surface area (Å²) in [5, 5.41) is 11.4. The van der Waals surface area contributed by atoms with Gasteiger partial charge in [0, 0.05) is 16.1 Å². The van der Waals surface area contributed by atoms with Crippen molar-refractivity contribution < 1.29 is 37.9 Å². The van der Waals surface area contributed by atoms with E-state index in [2.05, 4.69) is 5.43 Å². The highest BCUT2D eigenvalue weighted by Crippen LogP contribution is 2.64. The van der Waals surface area contributed by atoms with Gasteiger partial charge in [-0.1, -0.05) is 65.7 Å². The molecular weight excluding hydrogens is 737 g/mol. The summed E-state index contributed by atoms with van der Waals surface area (Å²) in [6.45, 7) is -0.417. The van der Waals surface area contributed by atoms with Crippen LogP contribution >= 0.6 is 11.6 Å². The number of aliphatic hydroxyl groups excluding tert-OH is 1. The quantitative estimate of drug-likeness (QED) is 0.0980. The highest BCUT2D eigenvalue weighted by atomic mass is 35.5. The third kappa shape index (κ3) is 5.36. The molecule has 0 radical (unpaired) electrons. The van der Waals surface area contributed by atoms with Crippen molar-refractivity contribution in [1.29, 1.82) is 0 Å². The molecule has 6 atom stereocenters. The summed E-state index contributed by atoms with van der Waals surface area (Å²) in [5.41, 5.74) is 4.00. The molecule has 5 aromatic rings. The van der Waals surface area contributed by atoms with Crippen molar-refractivity contribution in [2.45, 2.75) is 30.8 Å². The summed E-state index contributed by atoms with van der Waals surface area (Å²) in [7, 11) is 0. The maximum absolute atomic E-state index is 15.2. The molecule has 1 saturated carbocycles. The molecule has 4 aromatic carbocycles. The SMILES string of the molecule is O=C(c1ccccc1)c1ccc(N2C(=O)[C@H]3[C@H](CC=C4[C@H]3C[C@H]3C(=O)N(Nc5ccc(F)cc5)C(=O)[C@@]3(c3ccc(Cl)cc3)[C@H]4c3ccc(CO)o3)C2=O)cc1. The predicted molar refractivity (Wildman–Crippen MR) is 202 cm³/mol. The lowest BCUT2D eigenvalue weighted by Crippen LogP contribution is -2.53. The Morgan fingerprint density at radius 1 is 0.821 bits per heavy atom. The van der Waals surface area contributed by atoms with Gasteiger partial charge in [-0.15, -0.1) is 0 Å². The molecule has 2 aliphatic carbocycles. The van der Waals surface area contributed by atoms with Gasteiger partial charge >= 0.3 is 0 Å². The number of furan rings is 1. The second-order valence-corrected chi connectivity index (χ2v) is 15.0. The smallest absolute Gasteiger partial charge is 0.260 e. The molecule has 3 heterocycles. The van der Waals surface area contributed by atoms with Gasteiger partial charge in [-0.25, -0.2) is 4.39 Å². The first-order chi connectivity index (χ1) is 27.1. The number of carbonyl (C=O) groups is 5. The highest BCUT2D eigenvalue weighted by molar-refractivity contribution is 6.30. The second kappa shape index (κ2) is 13.5. The van der Waals surface area contributed by atoms with Gasteiger partial charge in [0.25, 0.3) is 11.8 Å². The van der Waals surface area contributed by atoms with Crippen LogP contribution < -0.4 is 10.3 Å². The first-order valence-electron chi connectivity index (χ1n) is 18.3. The van der Waals surface area contributed by atoms with Crippen molar-refractivity contribution in [1.82, 2.24) is 5.01 Å². The number of anilines is 2. The summed E-state index contributed by atoms with van der Waals surface area (Å²) < 4.78 is 20.1. The fourth-order valence-electron chi connectivity index (χ4n) is 9.37. The van der Waals surface area contributed by atoms with Crippen LogP contribution in [0.15, 0.2) is 131 Å². The van der Waals surface area contributed by atoms with Crippen LogP contribution in [0.25, 0.3) is 0 Å². The first kappa shape index (κ1) is 35.5. The van der Waals surface area contributed by atoms with E-state index in [4.69, 9.17) is 16.0 Å².